The number of aromatic nitrogens is 4. The summed E-state index contributed by atoms with van der Waals surface area (Å²) in [4.78, 5) is 9.33. The SMILES string of the molecule is Cc1nc(Cl)c2c3cc(-c4ccc5c(c4)c4ccccc4n5-c4ccccc4)ccc3n(-c3ccccc3)c2n1. The van der Waals surface area contributed by atoms with Gasteiger partial charge in [0.1, 0.15) is 11.0 Å². The number of hydrogen-bond donors (Lipinski definition) is 0. The normalized spacial score (nSPS) is 11.8. The Morgan fingerprint density at radius 3 is 1.77 bits per heavy atom. The van der Waals surface area contributed by atoms with Crippen molar-refractivity contribution in [3.63, 3.8) is 0 Å². The molecule has 0 aliphatic carbocycles. The Hall–Kier alpha value is -4.93. The van der Waals surface area contributed by atoms with E-state index in [-0.39, 0.29) is 0 Å². The minimum Gasteiger partial charge on any atom is -0.309 e. The molecule has 3 heterocycles. The van der Waals surface area contributed by atoms with Gasteiger partial charge in [0.15, 0.2) is 5.65 Å². The Bertz CT molecular complexity index is 2230. The molecule has 8 rings (SSSR count). The Labute approximate surface area is 235 Å². The van der Waals surface area contributed by atoms with Gasteiger partial charge in [-0.05, 0) is 72.6 Å². The highest BCUT2D eigenvalue weighted by atomic mass is 35.5. The smallest absolute Gasteiger partial charge is 0.150 e. The lowest BCUT2D eigenvalue weighted by atomic mass is 10.0. The summed E-state index contributed by atoms with van der Waals surface area (Å²) in [7, 11) is 0. The van der Waals surface area contributed by atoms with Crippen LogP contribution in [0.3, 0.4) is 0 Å². The number of para-hydroxylation sites is 3. The number of aryl methyl sites for hydroxylation is 1. The lowest BCUT2D eigenvalue weighted by molar-refractivity contribution is 1.05. The Balaban J connectivity index is 1.38. The molecule has 0 unspecified atom stereocenters. The highest BCUT2D eigenvalue weighted by Crippen LogP contribution is 2.39. The van der Waals surface area contributed by atoms with Gasteiger partial charge in [-0.1, -0.05) is 78.3 Å². The molecule has 0 atom stereocenters. The van der Waals surface area contributed by atoms with E-state index in [4.69, 9.17) is 16.6 Å². The average molecular weight is 535 g/mol. The van der Waals surface area contributed by atoms with Crippen molar-refractivity contribution in [1.82, 2.24) is 19.1 Å². The molecule has 5 heteroatoms. The van der Waals surface area contributed by atoms with Crippen LogP contribution in [0.25, 0.3) is 66.2 Å². The minimum atomic E-state index is 0.473. The van der Waals surface area contributed by atoms with E-state index >= 15 is 0 Å². The van der Waals surface area contributed by atoms with E-state index in [0.29, 0.717) is 11.0 Å². The van der Waals surface area contributed by atoms with Crippen LogP contribution in [0.4, 0.5) is 0 Å². The van der Waals surface area contributed by atoms with Crippen molar-refractivity contribution >= 4 is 55.3 Å². The van der Waals surface area contributed by atoms with Crippen LogP contribution in [-0.4, -0.2) is 19.1 Å². The molecule has 190 valence electrons. The number of fused-ring (bicyclic) bond motifs is 6. The highest BCUT2D eigenvalue weighted by molar-refractivity contribution is 6.36. The van der Waals surface area contributed by atoms with Crippen molar-refractivity contribution in [2.45, 2.75) is 6.92 Å². The standard InChI is InChI=1S/C35H23ClN4/c1-22-37-34(36)33-29-21-24(17-19-32(29)40(35(33)38-22)26-12-6-3-7-13-26)23-16-18-31-28(20-23)27-14-8-9-15-30(27)39(31)25-10-4-2-5-11-25/h2-21H,1H3. The molecule has 40 heavy (non-hydrogen) atoms. The van der Waals surface area contributed by atoms with E-state index in [1.165, 1.54) is 21.8 Å². The van der Waals surface area contributed by atoms with Crippen molar-refractivity contribution in [1.29, 1.82) is 0 Å². The Morgan fingerprint density at radius 2 is 1.07 bits per heavy atom. The maximum absolute atomic E-state index is 6.78. The first-order valence-electron chi connectivity index (χ1n) is 13.3. The van der Waals surface area contributed by atoms with Crippen LogP contribution in [0.15, 0.2) is 121 Å². The zero-order valence-corrected chi connectivity index (χ0v) is 22.5. The van der Waals surface area contributed by atoms with E-state index in [1.54, 1.807) is 0 Å². The van der Waals surface area contributed by atoms with Crippen molar-refractivity contribution in [2.24, 2.45) is 0 Å². The van der Waals surface area contributed by atoms with Gasteiger partial charge in [0.25, 0.3) is 0 Å². The van der Waals surface area contributed by atoms with Crippen LogP contribution in [0.5, 0.6) is 0 Å². The van der Waals surface area contributed by atoms with Crippen molar-refractivity contribution in [3.05, 3.63) is 132 Å². The third-order valence-corrected chi connectivity index (χ3v) is 7.98. The second-order valence-corrected chi connectivity index (χ2v) is 10.4. The molecule has 0 bridgehead atoms. The first kappa shape index (κ1) is 23.0. The number of benzene rings is 5. The third-order valence-electron chi connectivity index (χ3n) is 7.71. The van der Waals surface area contributed by atoms with Gasteiger partial charge in [0.05, 0.1) is 21.9 Å². The molecule has 0 aliphatic heterocycles. The van der Waals surface area contributed by atoms with Crippen molar-refractivity contribution < 1.29 is 0 Å². The van der Waals surface area contributed by atoms with Crippen LogP contribution in [0.2, 0.25) is 5.15 Å². The Morgan fingerprint density at radius 1 is 0.525 bits per heavy atom. The molecular formula is C35H23ClN4. The summed E-state index contributed by atoms with van der Waals surface area (Å²) < 4.78 is 4.51. The molecule has 0 spiro atoms. The van der Waals surface area contributed by atoms with E-state index in [1.807, 2.05) is 25.1 Å². The monoisotopic (exact) mass is 534 g/mol. The van der Waals surface area contributed by atoms with Gasteiger partial charge in [-0.2, -0.15) is 0 Å². The lowest BCUT2D eigenvalue weighted by Gasteiger charge is -2.09. The number of nitrogens with zero attached hydrogens (tertiary/aromatic N) is 4. The fraction of sp³-hybridized carbons (Fsp3) is 0.0286. The summed E-state index contributed by atoms with van der Waals surface area (Å²) in [5.74, 6) is 0.651. The molecule has 5 aromatic carbocycles. The van der Waals surface area contributed by atoms with Gasteiger partial charge >= 0.3 is 0 Å². The van der Waals surface area contributed by atoms with Gasteiger partial charge < -0.3 is 4.57 Å². The van der Waals surface area contributed by atoms with Crippen molar-refractivity contribution in [3.8, 4) is 22.5 Å². The topological polar surface area (TPSA) is 35.6 Å². The second-order valence-electron chi connectivity index (χ2n) is 10.1. The predicted molar refractivity (Wildman–Crippen MR) is 166 cm³/mol. The lowest BCUT2D eigenvalue weighted by Crippen LogP contribution is -1.97. The number of hydrogen-bond acceptors (Lipinski definition) is 2. The second kappa shape index (κ2) is 8.80. The van der Waals surface area contributed by atoms with E-state index in [0.717, 1.165) is 44.4 Å². The molecule has 0 N–H and O–H groups in total. The van der Waals surface area contributed by atoms with Crippen LogP contribution in [0.1, 0.15) is 5.82 Å². The zero-order valence-electron chi connectivity index (χ0n) is 21.7. The van der Waals surface area contributed by atoms with Gasteiger partial charge in [0, 0.05) is 27.5 Å². The van der Waals surface area contributed by atoms with Gasteiger partial charge in [0.2, 0.25) is 0 Å². The zero-order chi connectivity index (χ0) is 26.8. The molecule has 8 aromatic rings. The first-order valence-corrected chi connectivity index (χ1v) is 13.7. The van der Waals surface area contributed by atoms with Crippen LogP contribution in [-0.2, 0) is 0 Å². The molecule has 0 aliphatic rings. The highest BCUT2D eigenvalue weighted by Gasteiger charge is 2.19. The molecule has 0 saturated heterocycles. The van der Waals surface area contributed by atoms with E-state index in [9.17, 15) is 0 Å². The quantitative estimate of drug-likeness (QED) is 0.212. The summed E-state index contributed by atoms with van der Waals surface area (Å²) in [5, 5.41) is 4.83. The minimum absolute atomic E-state index is 0.473. The summed E-state index contributed by atoms with van der Waals surface area (Å²) in [6.07, 6.45) is 0. The van der Waals surface area contributed by atoms with Crippen LogP contribution < -0.4 is 0 Å². The Kier molecular flexibility index (Phi) is 5.06. The summed E-state index contributed by atoms with van der Waals surface area (Å²) in [6.45, 7) is 1.88. The number of rotatable bonds is 3. The van der Waals surface area contributed by atoms with Gasteiger partial charge in [-0.25, -0.2) is 9.97 Å². The van der Waals surface area contributed by atoms with Crippen molar-refractivity contribution in [2.75, 3.05) is 0 Å². The molecule has 3 aromatic heterocycles. The van der Waals surface area contributed by atoms with Crippen LogP contribution in [0, 0.1) is 6.92 Å². The molecule has 4 nitrogen and oxygen atoms in total. The third kappa shape index (κ3) is 3.40. The molecule has 0 fully saturated rings. The van der Waals surface area contributed by atoms with E-state index in [2.05, 4.69) is 117 Å². The predicted octanol–water partition coefficient (Wildman–Crippen LogP) is 9.30. The number of halogens is 1. The molecule has 0 saturated carbocycles. The largest absolute Gasteiger partial charge is 0.309 e. The first-order chi connectivity index (χ1) is 19.7. The fourth-order valence-electron chi connectivity index (χ4n) is 5.99. The average Bonchev–Trinajstić information content (AvgIpc) is 3.50. The molecule has 0 amide bonds. The molecular weight excluding hydrogens is 512 g/mol. The summed E-state index contributed by atoms with van der Waals surface area (Å²) in [5.41, 5.74) is 8.71. The summed E-state index contributed by atoms with van der Waals surface area (Å²) >= 11 is 6.78. The van der Waals surface area contributed by atoms with E-state index < -0.39 is 0 Å². The molecule has 0 radical (unpaired) electrons. The maximum Gasteiger partial charge on any atom is 0.150 e. The van der Waals surface area contributed by atoms with Gasteiger partial charge in [-0.15, -0.1) is 0 Å². The maximum atomic E-state index is 6.78. The fourth-order valence-corrected chi connectivity index (χ4v) is 6.30. The summed E-state index contributed by atoms with van der Waals surface area (Å²) in [6, 6.07) is 42.8. The van der Waals surface area contributed by atoms with Gasteiger partial charge in [-0.3, -0.25) is 4.57 Å². The van der Waals surface area contributed by atoms with Crippen LogP contribution >= 0.6 is 11.6 Å².